The third-order valence-electron chi connectivity index (χ3n) is 8.64. The molecule has 0 unspecified atom stereocenters. The van der Waals surface area contributed by atoms with Gasteiger partial charge in [-0.25, -0.2) is 9.59 Å². The highest BCUT2D eigenvalue weighted by Crippen LogP contribution is 2.43. The molecule has 6 heteroatoms. The van der Waals surface area contributed by atoms with Crippen molar-refractivity contribution in [3.05, 3.63) is 48.5 Å². The van der Waals surface area contributed by atoms with Crippen molar-refractivity contribution in [2.24, 2.45) is 0 Å². The molecule has 0 aliphatic heterocycles. The average molecular weight is 635 g/mol. The van der Waals surface area contributed by atoms with Crippen molar-refractivity contribution in [1.82, 2.24) is 0 Å². The van der Waals surface area contributed by atoms with Crippen LogP contribution in [0.2, 0.25) is 0 Å². The average Bonchev–Trinajstić information content (AvgIpc) is 3.07. The number of carbonyl (C=O) groups is 2. The van der Waals surface area contributed by atoms with Crippen LogP contribution in [0.5, 0.6) is 11.5 Å². The quantitative estimate of drug-likeness (QED) is 0.0422. The molecule has 3 rings (SSSR count). The molecule has 0 aliphatic rings. The number of hydrogen-bond donors (Lipinski definition) is 0. The molecule has 0 saturated heterocycles. The van der Waals surface area contributed by atoms with Crippen LogP contribution in [0.1, 0.15) is 142 Å². The molecule has 0 atom stereocenters. The molecule has 46 heavy (non-hydrogen) atoms. The van der Waals surface area contributed by atoms with E-state index in [9.17, 15) is 9.59 Å². The summed E-state index contributed by atoms with van der Waals surface area (Å²) in [5.41, 5.74) is 0. The van der Waals surface area contributed by atoms with Crippen LogP contribution in [0.3, 0.4) is 0 Å². The van der Waals surface area contributed by atoms with E-state index in [2.05, 4.69) is 13.8 Å². The lowest BCUT2D eigenvalue weighted by atomic mass is 10.0. The molecule has 0 radical (unpaired) electrons. The molecular formula is C40H58O6. The fraction of sp³-hybridized carbons (Fsp3) is 0.600. The number of rotatable bonds is 24. The van der Waals surface area contributed by atoms with Gasteiger partial charge in [-0.05, 0) is 12.8 Å². The van der Waals surface area contributed by atoms with Crippen molar-refractivity contribution in [2.75, 3.05) is 13.2 Å². The summed E-state index contributed by atoms with van der Waals surface area (Å²) in [6, 6.07) is 14.9. The van der Waals surface area contributed by atoms with Crippen molar-refractivity contribution < 1.29 is 28.5 Å². The summed E-state index contributed by atoms with van der Waals surface area (Å²) in [4.78, 5) is 25.5. The SMILES string of the molecule is CCCCCCCCCCCCOC(=O)Oc1c2ccccc2c(OC(=O)OCCCCCCCCCCCC)c2ccccc12. The Kier molecular flexibility index (Phi) is 18.7. The van der Waals surface area contributed by atoms with E-state index in [0.29, 0.717) is 46.3 Å². The van der Waals surface area contributed by atoms with Gasteiger partial charge in [0.1, 0.15) is 11.5 Å². The number of unbranched alkanes of at least 4 members (excludes halogenated alkanes) is 18. The smallest absolute Gasteiger partial charge is 0.434 e. The van der Waals surface area contributed by atoms with Crippen LogP contribution in [0, 0.1) is 0 Å². The van der Waals surface area contributed by atoms with Gasteiger partial charge in [-0.15, -0.1) is 0 Å². The molecule has 0 heterocycles. The Hall–Kier alpha value is -3.28. The Balaban J connectivity index is 1.48. The lowest BCUT2D eigenvalue weighted by Crippen LogP contribution is -2.14. The maximum Gasteiger partial charge on any atom is 0.513 e. The first kappa shape index (κ1) is 37.2. The zero-order valence-corrected chi connectivity index (χ0v) is 28.6. The fourth-order valence-electron chi connectivity index (χ4n) is 5.98. The van der Waals surface area contributed by atoms with Crippen molar-refractivity contribution in [2.45, 2.75) is 142 Å². The highest BCUT2D eigenvalue weighted by molar-refractivity contribution is 6.12. The first-order valence-corrected chi connectivity index (χ1v) is 18.3. The monoisotopic (exact) mass is 634 g/mol. The van der Waals surface area contributed by atoms with Gasteiger partial charge in [0.15, 0.2) is 0 Å². The van der Waals surface area contributed by atoms with Gasteiger partial charge in [-0.1, -0.05) is 178 Å². The van der Waals surface area contributed by atoms with E-state index in [1.165, 1.54) is 89.9 Å². The molecule has 3 aromatic carbocycles. The van der Waals surface area contributed by atoms with E-state index in [0.717, 1.165) is 38.5 Å². The van der Waals surface area contributed by atoms with E-state index >= 15 is 0 Å². The van der Waals surface area contributed by atoms with Crippen molar-refractivity contribution >= 4 is 33.9 Å². The van der Waals surface area contributed by atoms with Crippen LogP contribution < -0.4 is 9.47 Å². The van der Waals surface area contributed by atoms with Gasteiger partial charge in [-0.2, -0.15) is 0 Å². The van der Waals surface area contributed by atoms with Gasteiger partial charge >= 0.3 is 12.3 Å². The third-order valence-corrected chi connectivity index (χ3v) is 8.64. The molecule has 6 nitrogen and oxygen atoms in total. The third kappa shape index (κ3) is 13.6. The van der Waals surface area contributed by atoms with Crippen molar-refractivity contribution in [3.63, 3.8) is 0 Å². The largest absolute Gasteiger partial charge is 0.513 e. The van der Waals surface area contributed by atoms with E-state index in [1.54, 1.807) is 0 Å². The Bertz CT molecular complexity index is 1130. The van der Waals surface area contributed by atoms with Crippen molar-refractivity contribution in [1.29, 1.82) is 0 Å². The maximum absolute atomic E-state index is 12.8. The molecule has 0 aromatic heterocycles. The van der Waals surface area contributed by atoms with Crippen molar-refractivity contribution in [3.8, 4) is 11.5 Å². The number of carbonyl (C=O) groups excluding carboxylic acids is 2. The lowest BCUT2D eigenvalue weighted by molar-refractivity contribution is 0.0965. The van der Waals surface area contributed by atoms with Crippen LogP contribution in [0.15, 0.2) is 48.5 Å². The van der Waals surface area contributed by atoms with Gasteiger partial charge in [0.2, 0.25) is 0 Å². The van der Waals surface area contributed by atoms with E-state index in [1.807, 2.05) is 48.5 Å². The van der Waals surface area contributed by atoms with Crippen LogP contribution in [0.25, 0.3) is 21.5 Å². The molecule has 0 fully saturated rings. The van der Waals surface area contributed by atoms with E-state index < -0.39 is 12.3 Å². The second-order valence-corrected chi connectivity index (χ2v) is 12.5. The summed E-state index contributed by atoms with van der Waals surface area (Å²) in [5.74, 6) is 0.788. The molecule has 0 saturated carbocycles. The first-order valence-electron chi connectivity index (χ1n) is 18.3. The minimum atomic E-state index is -0.726. The fourth-order valence-corrected chi connectivity index (χ4v) is 5.98. The van der Waals surface area contributed by atoms with Crippen LogP contribution >= 0.6 is 0 Å². The zero-order valence-electron chi connectivity index (χ0n) is 28.6. The Morgan fingerprint density at radius 1 is 0.413 bits per heavy atom. The second kappa shape index (κ2) is 23.1. The van der Waals surface area contributed by atoms with Gasteiger partial charge < -0.3 is 18.9 Å². The molecule has 0 amide bonds. The summed E-state index contributed by atoms with van der Waals surface area (Å²) in [7, 11) is 0. The molecule has 0 N–H and O–H groups in total. The summed E-state index contributed by atoms with van der Waals surface area (Å²) in [6.07, 6.45) is 22.8. The Morgan fingerprint density at radius 2 is 0.674 bits per heavy atom. The topological polar surface area (TPSA) is 71.1 Å². The highest BCUT2D eigenvalue weighted by atomic mass is 16.7. The highest BCUT2D eigenvalue weighted by Gasteiger charge is 2.21. The Labute approximate surface area is 277 Å². The van der Waals surface area contributed by atoms with Crippen LogP contribution in [-0.2, 0) is 9.47 Å². The van der Waals surface area contributed by atoms with Gasteiger partial charge in [0, 0.05) is 21.5 Å². The Morgan fingerprint density at radius 3 is 0.957 bits per heavy atom. The number of fused-ring (bicyclic) bond motifs is 2. The van der Waals surface area contributed by atoms with E-state index in [-0.39, 0.29) is 0 Å². The van der Waals surface area contributed by atoms with Crippen LogP contribution in [-0.4, -0.2) is 25.5 Å². The molecule has 3 aromatic rings. The maximum atomic E-state index is 12.8. The summed E-state index contributed by atoms with van der Waals surface area (Å²) < 4.78 is 22.5. The zero-order chi connectivity index (χ0) is 32.7. The predicted molar refractivity (Wildman–Crippen MR) is 189 cm³/mol. The molecule has 0 spiro atoms. The van der Waals surface area contributed by atoms with E-state index in [4.69, 9.17) is 18.9 Å². The van der Waals surface area contributed by atoms with Crippen LogP contribution in [0.4, 0.5) is 9.59 Å². The number of benzene rings is 3. The minimum absolute atomic E-state index is 0.331. The normalized spacial score (nSPS) is 11.2. The predicted octanol–water partition coefficient (Wildman–Crippen LogP) is 12.9. The van der Waals surface area contributed by atoms with Gasteiger partial charge in [0.05, 0.1) is 13.2 Å². The molecule has 0 aliphatic carbocycles. The number of ether oxygens (including phenoxy) is 4. The summed E-state index contributed by atoms with van der Waals surface area (Å²) >= 11 is 0. The first-order chi connectivity index (χ1) is 22.7. The number of hydrogen-bond acceptors (Lipinski definition) is 6. The minimum Gasteiger partial charge on any atom is -0.434 e. The second-order valence-electron chi connectivity index (χ2n) is 12.5. The van der Waals surface area contributed by atoms with Gasteiger partial charge in [-0.3, -0.25) is 0 Å². The lowest BCUT2D eigenvalue weighted by Gasteiger charge is -2.16. The standard InChI is InChI=1S/C40H58O6/c1-3-5-7-9-11-13-15-17-19-25-31-43-39(41)45-37-33-27-21-23-29-35(33)38(36-30-24-22-28-34(36)37)46-40(42)44-32-26-20-18-16-14-12-10-8-6-4-2/h21-24,27-30H,3-20,25-26,31-32H2,1-2H3. The summed E-state index contributed by atoms with van der Waals surface area (Å²) in [6.45, 7) is 5.15. The molecule has 254 valence electrons. The summed E-state index contributed by atoms with van der Waals surface area (Å²) in [5, 5.41) is 2.65. The molecule has 0 bridgehead atoms. The van der Waals surface area contributed by atoms with Gasteiger partial charge in [0.25, 0.3) is 0 Å². The molecular weight excluding hydrogens is 576 g/mol.